The van der Waals surface area contributed by atoms with Crippen molar-refractivity contribution < 1.29 is 4.79 Å². The molecule has 0 atom stereocenters. The zero-order valence-electron chi connectivity index (χ0n) is 11.6. The molecule has 0 unspecified atom stereocenters. The molecule has 1 aliphatic carbocycles. The quantitative estimate of drug-likeness (QED) is 0.575. The second-order valence-corrected chi connectivity index (χ2v) is 5.99. The maximum absolute atomic E-state index is 12.1. The minimum atomic E-state index is -0.0548. The molecule has 1 aliphatic rings. The van der Waals surface area contributed by atoms with Gasteiger partial charge in [0.25, 0.3) is 5.91 Å². The summed E-state index contributed by atoms with van der Waals surface area (Å²) in [5.74, 6) is 5.73. The van der Waals surface area contributed by atoms with Crippen LogP contribution >= 0.6 is 0 Å². The summed E-state index contributed by atoms with van der Waals surface area (Å²) in [6, 6.07) is 3.70. The predicted molar refractivity (Wildman–Crippen MR) is 75.6 cm³/mol. The van der Waals surface area contributed by atoms with Crippen molar-refractivity contribution in [3.8, 4) is 0 Å². The van der Waals surface area contributed by atoms with Crippen LogP contribution in [0.25, 0.3) is 0 Å². The number of carbonyl (C=O) groups is 1. The summed E-state index contributed by atoms with van der Waals surface area (Å²) in [6.45, 7) is 4.57. The van der Waals surface area contributed by atoms with Crippen molar-refractivity contribution in [3.63, 3.8) is 0 Å². The Morgan fingerprint density at radius 3 is 2.58 bits per heavy atom. The van der Waals surface area contributed by atoms with Crippen molar-refractivity contribution in [2.45, 2.75) is 45.6 Å². The minimum absolute atomic E-state index is 0.0548. The fourth-order valence-corrected chi connectivity index (χ4v) is 2.43. The van der Waals surface area contributed by atoms with Crippen molar-refractivity contribution in [3.05, 3.63) is 23.9 Å². The van der Waals surface area contributed by atoms with Crippen LogP contribution in [-0.2, 0) is 0 Å². The van der Waals surface area contributed by atoms with Gasteiger partial charge in [0.2, 0.25) is 0 Å². The molecule has 5 heteroatoms. The Morgan fingerprint density at radius 1 is 1.37 bits per heavy atom. The van der Waals surface area contributed by atoms with Gasteiger partial charge in [0.15, 0.2) is 0 Å². The second-order valence-electron chi connectivity index (χ2n) is 5.99. The number of hydrogen-bond acceptors (Lipinski definition) is 4. The first-order valence-corrected chi connectivity index (χ1v) is 6.74. The fraction of sp³-hybridized carbons (Fsp3) is 0.571. The van der Waals surface area contributed by atoms with E-state index in [0.717, 1.165) is 25.7 Å². The lowest BCUT2D eigenvalue weighted by atomic mass is 9.75. The van der Waals surface area contributed by atoms with Gasteiger partial charge in [-0.15, -0.1) is 0 Å². The van der Waals surface area contributed by atoms with Gasteiger partial charge < -0.3 is 10.7 Å². The summed E-state index contributed by atoms with van der Waals surface area (Å²) >= 11 is 0. The van der Waals surface area contributed by atoms with Gasteiger partial charge in [-0.25, -0.2) is 10.8 Å². The number of nitrogens with two attached hydrogens (primary N) is 1. The molecule has 0 radical (unpaired) electrons. The molecule has 0 saturated heterocycles. The summed E-state index contributed by atoms with van der Waals surface area (Å²) in [6.07, 6.45) is 5.96. The summed E-state index contributed by atoms with van der Waals surface area (Å²) in [5.41, 5.74) is 3.43. The van der Waals surface area contributed by atoms with E-state index in [-0.39, 0.29) is 11.9 Å². The number of rotatable bonds is 3. The Morgan fingerprint density at radius 2 is 2.05 bits per heavy atom. The van der Waals surface area contributed by atoms with E-state index in [0.29, 0.717) is 16.8 Å². The van der Waals surface area contributed by atoms with Crippen LogP contribution in [0.2, 0.25) is 0 Å². The fourth-order valence-electron chi connectivity index (χ4n) is 2.43. The number of nitrogen functional groups attached to an aromatic ring is 1. The van der Waals surface area contributed by atoms with E-state index in [1.807, 2.05) is 0 Å². The molecule has 0 aromatic carbocycles. The lowest BCUT2D eigenvalue weighted by molar-refractivity contribution is 0.0908. The van der Waals surface area contributed by atoms with Gasteiger partial charge in [-0.2, -0.15) is 0 Å². The third-order valence-corrected chi connectivity index (χ3v) is 3.85. The summed E-state index contributed by atoms with van der Waals surface area (Å²) in [7, 11) is 0. The Kier molecular flexibility index (Phi) is 4.04. The van der Waals surface area contributed by atoms with Gasteiger partial charge in [-0.05, 0) is 43.2 Å². The van der Waals surface area contributed by atoms with Crippen LogP contribution in [0.15, 0.2) is 18.3 Å². The molecule has 0 bridgehead atoms. The standard InChI is InChI=1S/C14H22N4O/c1-14(2)7-5-11(6-8-14)17-13(19)10-3-4-12(18-15)16-9-10/h3-4,9,11H,5-8,15H2,1-2H3,(H,16,18)(H,17,19). The summed E-state index contributed by atoms with van der Waals surface area (Å²) < 4.78 is 0. The number of hydrogen-bond donors (Lipinski definition) is 3. The van der Waals surface area contributed by atoms with E-state index in [1.165, 1.54) is 6.20 Å². The first kappa shape index (κ1) is 13.8. The van der Waals surface area contributed by atoms with Gasteiger partial charge in [-0.3, -0.25) is 4.79 Å². The zero-order chi connectivity index (χ0) is 13.9. The predicted octanol–water partition coefficient (Wildman–Crippen LogP) is 2.07. The number of nitrogens with zero attached hydrogens (tertiary/aromatic N) is 1. The topological polar surface area (TPSA) is 80.0 Å². The molecule has 0 spiro atoms. The molecule has 1 fully saturated rings. The highest BCUT2D eigenvalue weighted by molar-refractivity contribution is 5.94. The Hall–Kier alpha value is -1.62. The molecule has 1 heterocycles. The molecular weight excluding hydrogens is 240 g/mol. The number of carbonyl (C=O) groups excluding carboxylic acids is 1. The average molecular weight is 262 g/mol. The highest BCUT2D eigenvalue weighted by atomic mass is 16.1. The van der Waals surface area contributed by atoms with E-state index >= 15 is 0 Å². The largest absolute Gasteiger partial charge is 0.349 e. The smallest absolute Gasteiger partial charge is 0.253 e. The van der Waals surface area contributed by atoms with E-state index in [9.17, 15) is 4.79 Å². The van der Waals surface area contributed by atoms with Crippen molar-refractivity contribution in [2.75, 3.05) is 5.43 Å². The van der Waals surface area contributed by atoms with Crippen molar-refractivity contribution >= 4 is 11.7 Å². The van der Waals surface area contributed by atoms with Gasteiger partial charge in [-0.1, -0.05) is 13.8 Å². The number of hydrazine groups is 1. The second kappa shape index (κ2) is 5.57. The van der Waals surface area contributed by atoms with Gasteiger partial charge in [0.1, 0.15) is 5.82 Å². The molecule has 4 N–H and O–H groups in total. The Bertz CT molecular complexity index is 431. The highest BCUT2D eigenvalue weighted by Crippen LogP contribution is 2.35. The van der Waals surface area contributed by atoms with Crippen LogP contribution in [0.1, 0.15) is 49.9 Å². The molecule has 1 aromatic heterocycles. The van der Waals surface area contributed by atoms with E-state index in [4.69, 9.17) is 5.84 Å². The van der Waals surface area contributed by atoms with Gasteiger partial charge in [0, 0.05) is 12.2 Å². The molecule has 5 nitrogen and oxygen atoms in total. The average Bonchev–Trinajstić information content (AvgIpc) is 2.41. The maximum atomic E-state index is 12.1. The maximum Gasteiger partial charge on any atom is 0.253 e. The molecule has 104 valence electrons. The van der Waals surface area contributed by atoms with Crippen LogP contribution in [0.5, 0.6) is 0 Å². The monoisotopic (exact) mass is 262 g/mol. The molecular formula is C14H22N4O. The molecule has 1 aromatic rings. The molecule has 2 rings (SSSR count). The van der Waals surface area contributed by atoms with Crippen LogP contribution in [0.3, 0.4) is 0 Å². The molecule has 1 saturated carbocycles. The minimum Gasteiger partial charge on any atom is -0.349 e. The van der Waals surface area contributed by atoms with E-state index in [2.05, 4.69) is 29.6 Å². The van der Waals surface area contributed by atoms with E-state index in [1.54, 1.807) is 12.1 Å². The number of aromatic nitrogens is 1. The number of amides is 1. The first-order chi connectivity index (χ1) is 9.00. The van der Waals surface area contributed by atoms with Gasteiger partial charge >= 0.3 is 0 Å². The Labute approximate surface area is 114 Å². The molecule has 19 heavy (non-hydrogen) atoms. The SMILES string of the molecule is CC1(C)CCC(NC(=O)c2ccc(NN)nc2)CC1. The van der Waals surface area contributed by atoms with Crippen LogP contribution in [0.4, 0.5) is 5.82 Å². The third-order valence-electron chi connectivity index (χ3n) is 3.85. The number of pyridine rings is 1. The van der Waals surface area contributed by atoms with Crippen LogP contribution < -0.4 is 16.6 Å². The lowest BCUT2D eigenvalue weighted by Crippen LogP contribution is -2.39. The zero-order valence-corrected chi connectivity index (χ0v) is 11.6. The van der Waals surface area contributed by atoms with E-state index < -0.39 is 0 Å². The third kappa shape index (κ3) is 3.67. The normalized spacial score (nSPS) is 18.9. The molecule has 1 amide bonds. The first-order valence-electron chi connectivity index (χ1n) is 6.74. The summed E-state index contributed by atoms with van der Waals surface area (Å²) in [5, 5.41) is 3.08. The van der Waals surface area contributed by atoms with Crippen molar-refractivity contribution in [2.24, 2.45) is 11.3 Å². The van der Waals surface area contributed by atoms with Gasteiger partial charge in [0.05, 0.1) is 5.56 Å². The van der Waals surface area contributed by atoms with Crippen molar-refractivity contribution in [1.82, 2.24) is 10.3 Å². The lowest BCUT2D eigenvalue weighted by Gasteiger charge is -2.34. The number of nitrogens with one attached hydrogen (secondary N) is 2. The van der Waals surface area contributed by atoms with Crippen molar-refractivity contribution in [1.29, 1.82) is 0 Å². The summed E-state index contributed by atoms with van der Waals surface area (Å²) in [4.78, 5) is 16.1. The Balaban J connectivity index is 1.90. The highest BCUT2D eigenvalue weighted by Gasteiger charge is 2.27. The number of anilines is 1. The van der Waals surface area contributed by atoms with Crippen LogP contribution in [0, 0.1) is 5.41 Å². The molecule has 0 aliphatic heterocycles. The van der Waals surface area contributed by atoms with Crippen LogP contribution in [-0.4, -0.2) is 16.9 Å².